The van der Waals surface area contributed by atoms with Gasteiger partial charge in [-0.25, -0.2) is 0 Å². The molecule has 2 aromatic carbocycles. The lowest BCUT2D eigenvalue weighted by atomic mass is 10.1. The number of hydrogen-bond acceptors (Lipinski definition) is 2. The molecule has 1 amide bonds. The normalized spacial score (nSPS) is 10.8. The molecule has 0 heterocycles. The zero-order valence-corrected chi connectivity index (χ0v) is 16.7. The minimum absolute atomic E-state index is 0.0924. The van der Waals surface area contributed by atoms with Crippen LogP contribution < -0.4 is 15.0 Å². The van der Waals surface area contributed by atoms with Gasteiger partial charge in [0.1, 0.15) is 12.3 Å². The quantitative estimate of drug-likeness (QED) is 0.684. The Balaban J connectivity index is 1.89. The first-order valence-electron chi connectivity index (χ1n) is 8.78. The van der Waals surface area contributed by atoms with E-state index in [0.717, 1.165) is 25.2 Å². The lowest BCUT2D eigenvalue weighted by molar-refractivity contribution is -0.910. The van der Waals surface area contributed by atoms with E-state index < -0.39 is 0 Å². The number of nitrogens with one attached hydrogen (secondary N) is 2. The van der Waals surface area contributed by atoms with Gasteiger partial charge in [0.15, 0.2) is 6.61 Å². The van der Waals surface area contributed by atoms with E-state index >= 15 is 0 Å². The molecule has 0 saturated carbocycles. The largest absolute Gasteiger partial charge is 0.482 e. The van der Waals surface area contributed by atoms with Gasteiger partial charge >= 0.3 is 0 Å². The van der Waals surface area contributed by atoms with E-state index in [9.17, 15) is 4.79 Å². The number of halogens is 2. The SMILES string of the molecule is CC[NH+](CC)Cc1ccccc1CNC(=O)COc1ccc(Cl)cc1Cl. The number of benzene rings is 2. The van der Waals surface area contributed by atoms with Crippen molar-refractivity contribution in [3.63, 3.8) is 0 Å². The van der Waals surface area contributed by atoms with Gasteiger partial charge in [-0.3, -0.25) is 4.79 Å². The topological polar surface area (TPSA) is 42.8 Å². The highest BCUT2D eigenvalue weighted by Gasteiger charge is 2.11. The van der Waals surface area contributed by atoms with Crippen LogP contribution in [0.5, 0.6) is 5.75 Å². The molecular formula is C20H25Cl2N2O2+. The molecule has 6 heteroatoms. The Bertz CT molecular complexity index is 734. The molecule has 2 aromatic rings. The molecule has 26 heavy (non-hydrogen) atoms. The maximum absolute atomic E-state index is 12.1. The number of carbonyl (C=O) groups is 1. The van der Waals surface area contributed by atoms with Crippen molar-refractivity contribution in [1.29, 1.82) is 0 Å². The Morgan fingerprint density at radius 3 is 2.42 bits per heavy atom. The molecule has 0 atom stereocenters. The Labute approximate surface area is 165 Å². The molecule has 0 radical (unpaired) electrons. The lowest BCUT2D eigenvalue weighted by Gasteiger charge is -2.18. The van der Waals surface area contributed by atoms with Gasteiger partial charge in [0.25, 0.3) is 5.91 Å². The van der Waals surface area contributed by atoms with Gasteiger partial charge in [0.05, 0.1) is 18.1 Å². The van der Waals surface area contributed by atoms with E-state index in [0.29, 0.717) is 22.3 Å². The fraction of sp³-hybridized carbons (Fsp3) is 0.350. The maximum atomic E-state index is 12.1. The Morgan fingerprint density at radius 2 is 1.77 bits per heavy atom. The van der Waals surface area contributed by atoms with Crippen molar-refractivity contribution in [2.45, 2.75) is 26.9 Å². The molecule has 140 valence electrons. The summed E-state index contributed by atoms with van der Waals surface area (Å²) in [6.07, 6.45) is 0. The molecule has 2 rings (SSSR count). The monoisotopic (exact) mass is 395 g/mol. The van der Waals surface area contributed by atoms with Crippen LogP contribution in [0.3, 0.4) is 0 Å². The van der Waals surface area contributed by atoms with Gasteiger partial charge in [-0.05, 0) is 37.6 Å². The molecule has 0 saturated heterocycles. The van der Waals surface area contributed by atoms with Crippen LogP contribution in [0.25, 0.3) is 0 Å². The van der Waals surface area contributed by atoms with Crippen molar-refractivity contribution in [3.8, 4) is 5.75 Å². The molecule has 0 aliphatic rings. The van der Waals surface area contributed by atoms with Gasteiger partial charge in [-0.1, -0.05) is 47.5 Å². The predicted molar refractivity (Wildman–Crippen MR) is 106 cm³/mol. The number of ether oxygens (including phenoxy) is 1. The zero-order valence-electron chi connectivity index (χ0n) is 15.1. The average Bonchev–Trinajstić information content (AvgIpc) is 2.64. The first kappa shape index (κ1) is 20.6. The summed E-state index contributed by atoms with van der Waals surface area (Å²) in [4.78, 5) is 13.6. The van der Waals surface area contributed by atoms with Crippen molar-refractivity contribution in [3.05, 3.63) is 63.6 Å². The van der Waals surface area contributed by atoms with Crippen molar-refractivity contribution in [1.82, 2.24) is 5.32 Å². The predicted octanol–water partition coefficient (Wildman–Crippen LogP) is 3.11. The summed E-state index contributed by atoms with van der Waals surface area (Å²) < 4.78 is 5.46. The molecule has 0 aliphatic carbocycles. The second-order valence-corrected chi connectivity index (χ2v) is 6.89. The molecule has 0 fully saturated rings. The average molecular weight is 396 g/mol. The number of carbonyl (C=O) groups excluding carboxylic acids is 1. The van der Waals surface area contributed by atoms with Crippen LogP contribution in [0.2, 0.25) is 10.0 Å². The van der Waals surface area contributed by atoms with Crippen molar-refractivity contribution in [2.75, 3.05) is 19.7 Å². The van der Waals surface area contributed by atoms with E-state index in [1.807, 2.05) is 12.1 Å². The second kappa shape index (κ2) is 10.4. The summed E-state index contributed by atoms with van der Waals surface area (Å²) in [5.74, 6) is 0.248. The minimum Gasteiger partial charge on any atom is -0.482 e. The summed E-state index contributed by atoms with van der Waals surface area (Å²) in [6, 6.07) is 13.1. The Hall–Kier alpha value is -1.75. The smallest absolute Gasteiger partial charge is 0.258 e. The van der Waals surface area contributed by atoms with E-state index in [-0.39, 0.29) is 12.5 Å². The molecule has 2 N–H and O–H groups in total. The summed E-state index contributed by atoms with van der Waals surface area (Å²) in [5, 5.41) is 3.82. The van der Waals surface area contributed by atoms with Crippen LogP contribution in [0, 0.1) is 0 Å². The van der Waals surface area contributed by atoms with Crippen LogP contribution in [0.15, 0.2) is 42.5 Å². The highest BCUT2D eigenvalue weighted by molar-refractivity contribution is 6.35. The third-order valence-electron chi connectivity index (χ3n) is 4.29. The molecule has 0 bridgehead atoms. The first-order chi connectivity index (χ1) is 12.5. The van der Waals surface area contributed by atoms with Gasteiger partial charge < -0.3 is 15.0 Å². The summed E-state index contributed by atoms with van der Waals surface area (Å²) in [5.41, 5.74) is 2.39. The Kier molecular flexibility index (Phi) is 8.23. The first-order valence-corrected chi connectivity index (χ1v) is 9.54. The molecule has 0 aromatic heterocycles. The number of rotatable bonds is 9. The van der Waals surface area contributed by atoms with Crippen LogP contribution in [-0.2, 0) is 17.9 Å². The molecule has 0 unspecified atom stereocenters. The number of quaternary nitrogens is 1. The third-order valence-corrected chi connectivity index (χ3v) is 4.82. The molecule has 0 spiro atoms. The summed E-state index contributed by atoms with van der Waals surface area (Å²) >= 11 is 11.9. The minimum atomic E-state index is -0.194. The molecular weight excluding hydrogens is 371 g/mol. The standard InChI is InChI=1S/C20H24Cl2N2O2/c1-3-24(4-2)13-16-8-6-5-7-15(16)12-23-20(25)14-26-19-10-9-17(21)11-18(19)22/h5-11H,3-4,12-14H2,1-2H3,(H,23,25)/p+1. The van der Waals surface area contributed by atoms with Gasteiger partial charge in [0, 0.05) is 17.1 Å². The fourth-order valence-electron chi connectivity index (χ4n) is 2.65. The van der Waals surface area contributed by atoms with E-state index in [1.54, 1.807) is 18.2 Å². The second-order valence-electron chi connectivity index (χ2n) is 6.04. The van der Waals surface area contributed by atoms with Crippen molar-refractivity contribution < 1.29 is 14.4 Å². The summed E-state index contributed by atoms with van der Waals surface area (Å²) in [7, 11) is 0. The third kappa shape index (κ3) is 6.20. The van der Waals surface area contributed by atoms with Gasteiger partial charge in [-0.2, -0.15) is 0 Å². The van der Waals surface area contributed by atoms with Crippen LogP contribution in [0.4, 0.5) is 0 Å². The highest BCUT2D eigenvalue weighted by Crippen LogP contribution is 2.27. The van der Waals surface area contributed by atoms with Gasteiger partial charge in [0.2, 0.25) is 0 Å². The molecule has 4 nitrogen and oxygen atoms in total. The fourth-order valence-corrected chi connectivity index (χ4v) is 3.12. The molecule has 0 aliphatic heterocycles. The maximum Gasteiger partial charge on any atom is 0.258 e. The van der Waals surface area contributed by atoms with E-state index in [2.05, 4.69) is 31.3 Å². The van der Waals surface area contributed by atoms with Gasteiger partial charge in [-0.15, -0.1) is 0 Å². The van der Waals surface area contributed by atoms with Crippen LogP contribution in [-0.4, -0.2) is 25.6 Å². The number of amides is 1. The lowest BCUT2D eigenvalue weighted by Crippen LogP contribution is -3.10. The number of hydrogen-bond donors (Lipinski definition) is 2. The van der Waals surface area contributed by atoms with Crippen LogP contribution >= 0.6 is 23.2 Å². The summed E-state index contributed by atoms with van der Waals surface area (Å²) in [6.45, 7) is 7.86. The van der Waals surface area contributed by atoms with Crippen molar-refractivity contribution >= 4 is 29.1 Å². The zero-order chi connectivity index (χ0) is 18.9. The highest BCUT2D eigenvalue weighted by atomic mass is 35.5. The van der Waals surface area contributed by atoms with Crippen LogP contribution in [0.1, 0.15) is 25.0 Å². The van der Waals surface area contributed by atoms with Crippen molar-refractivity contribution in [2.24, 2.45) is 0 Å². The van der Waals surface area contributed by atoms with E-state index in [1.165, 1.54) is 10.5 Å². The van der Waals surface area contributed by atoms with E-state index in [4.69, 9.17) is 27.9 Å². The Morgan fingerprint density at radius 1 is 1.08 bits per heavy atom.